The maximum atomic E-state index is 12.2. The van der Waals surface area contributed by atoms with E-state index < -0.39 is 24.7 Å². The first-order valence-electron chi connectivity index (χ1n) is 6.15. The van der Waals surface area contributed by atoms with Crippen LogP contribution in [0.5, 0.6) is 5.75 Å². The van der Waals surface area contributed by atoms with Crippen LogP contribution >= 0.6 is 0 Å². The molecular weight excluding hydrogens is 286 g/mol. The van der Waals surface area contributed by atoms with Gasteiger partial charge < -0.3 is 20.5 Å². The number of hydrogen-bond donors (Lipinski definition) is 3. The van der Waals surface area contributed by atoms with Crippen LogP contribution in [0.3, 0.4) is 0 Å². The Bertz CT molecular complexity index is 509. The molecule has 0 aliphatic heterocycles. The number of amides is 2. The van der Waals surface area contributed by atoms with E-state index in [2.05, 4.69) is 15.4 Å². The second kappa shape index (κ2) is 7.41. The number of carboxylic acids is 1. The predicted octanol–water partition coefficient (Wildman–Crippen LogP) is 2.52. The van der Waals surface area contributed by atoms with Gasteiger partial charge in [0.25, 0.3) is 0 Å². The smallest absolute Gasteiger partial charge is 0.387 e. The van der Waals surface area contributed by atoms with E-state index in [4.69, 9.17) is 5.11 Å². The van der Waals surface area contributed by atoms with Gasteiger partial charge in [-0.2, -0.15) is 8.78 Å². The second-order valence-corrected chi connectivity index (χ2v) is 4.53. The van der Waals surface area contributed by atoms with E-state index in [9.17, 15) is 18.4 Å². The van der Waals surface area contributed by atoms with E-state index in [1.807, 2.05) is 0 Å². The molecule has 1 aromatic rings. The van der Waals surface area contributed by atoms with Crippen molar-refractivity contribution in [1.82, 2.24) is 5.32 Å². The number of rotatable bonds is 6. The average Bonchev–Trinajstić information content (AvgIpc) is 2.37. The Balaban J connectivity index is 2.77. The molecule has 0 spiro atoms. The topological polar surface area (TPSA) is 87.7 Å². The lowest BCUT2D eigenvalue weighted by Crippen LogP contribution is -2.46. The van der Waals surface area contributed by atoms with Gasteiger partial charge in [-0.3, -0.25) is 0 Å². The van der Waals surface area contributed by atoms with Crippen LogP contribution < -0.4 is 15.4 Å². The van der Waals surface area contributed by atoms with Crippen LogP contribution in [0, 0.1) is 5.92 Å². The fraction of sp³-hybridized carbons (Fsp3) is 0.385. The van der Waals surface area contributed by atoms with Crippen LogP contribution in [0.2, 0.25) is 0 Å². The van der Waals surface area contributed by atoms with Crippen LogP contribution in [-0.4, -0.2) is 29.8 Å². The maximum absolute atomic E-state index is 12.2. The molecule has 0 saturated heterocycles. The number of carboxylic acid groups (broad SMARTS) is 1. The highest BCUT2D eigenvalue weighted by molar-refractivity contribution is 5.93. The zero-order valence-electron chi connectivity index (χ0n) is 11.5. The van der Waals surface area contributed by atoms with E-state index in [0.717, 1.165) is 0 Å². The third kappa shape index (κ3) is 5.25. The van der Waals surface area contributed by atoms with Crippen molar-refractivity contribution in [2.75, 3.05) is 5.32 Å². The van der Waals surface area contributed by atoms with Gasteiger partial charge >= 0.3 is 18.6 Å². The molecule has 6 nitrogen and oxygen atoms in total. The SMILES string of the molecule is CC(C)C(NC(=O)Nc1ccccc1OC(F)F)C(=O)O. The quantitative estimate of drug-likeness (QED) is 0.753. The molecule has 0 bridgehead atoms. The number of hydrogen-bond acceptors (Lipinski definition) is 3. The number of ether oxygens (including phenoxy) is 1. The van der Waals surface area contributed by atoms with Crippen LogP contribution in [-0.2, 0) is 4.79 Å². The third-order valence-electron chi connectivity index (χ3n) is 2.57. The van der Waals surface area contributed by atoms with E-state index >= 15 is 0 Å². The molecule has 0 saturated carbocycles. The molecular formula is C13H16F2N2O4. The summed E-state index contributed by atoms with van der Waals surface area (Å²) in [4.78, 5) is 22.7. The summed E-state index contributed by atoms with van der Waals surface area (Å²) in [5.74, 6) is -1.72. The molecule has 0 aliphatic rings. The monoisotopic (exact) mass is 302 g/mol. The van der Waals surface area contributed by atoms with Crippen molar-refractivity contribution >= 4 is 17.7 Å². The second-order valence-electron chi connectivity index (χ2n) is 4.53. The summed E-state index contributed by atoms with van der Waals surface area (Å²) in [6.07, 6.45) is 0. The van der Waals surface area contributed by atoms with E-state index in [-0.39, 0.29) is 17.4 Å². The minimum atomic E-state index is -3.03. The number of anilines is 1. The maximum Gasteiger partial charge on any atom is 0.387 e. The molecule has 0 heterocycles. The predicted molar refractivity (Wildman–Crippen MR) is 71.5 cm³/mol. The van der Waals surface area contributed by atoms with Gasteiger partial charge in [-0.1, -0.05) is 26.0 Å². The summed E-state index contributed by atoms with van der Waals surface area (Å²) in [6, 6.07) is 3.70. The van der Waals surface area contributed by atoms with Crippen molar-refractivity contribution in [3.8, 4) is 5.75 Å². The molecule has 21 heavy (non-hydrogen) atoms. The largest absolute Gasteiger partial charge is 0.480 e. The molecule has 1 rings (SSSR count). The summed E-state index contributed by atoms with van der Waals surface area (Å²) in [5.41, 5.74) is 0.0168. The van der Waals surface area contributed by atoms with Gasteiger partial charge in [-0.05, 0) is 18.1 Å². The molecule has 2 amide bonds. The standard InChI is InChI=1S/C13H16F2N2O4/c1-7(2)10(11(18)19)17-13(20)16-8-5-3-4-6-9(8)21-12(14)15/h3-7,10,12H,1-2H3,(H,18,19)(H2,16,17,20). The van der Waals surface area contributed by atoms with Gasteiger partial charge in [-0.25, -0.2) is 9.59 Å². The fourth-order valence-corrected chi connectivity index (χ4v) is 1.58. The number of para-hydroxylation sites is 2. The summed E-state index contributed by atoms with van der Waals surface area (Å²) in [5, 5.41) is 13.5. The molecule has 0 fully saturated rings. The summed E-state index contributed by atoms with van der Waals surface area (Å²) >= 11 is 0. The molecule has 0 aliphatic carbocycles. The number of carbonyl (C=O) groups is 2. The van der Waals surface area contributed by atoms with Crippen LogP contribution in [0.4, 0.5) is 19.3 Å². The highest BCUT2D eigenvalue weighted by Gasteiger charge is 2.23. The summed E-state index contributed by atoms with van der Waals surface area (Å²) in [6.45, 7) is 0.235. The number of nitrogens with one attached hydrogen (secondary N) is 2. The van der Waals surface area contributed by atoms with Crippen molar-refractivity contribution in [2.24, 2.45) is 5.92 Å². The number of urea groups is 1. The molecule has 8 heteroatoms. The van der Waals surface area contributed by atoms with Gasteiger partial charge in [0.05, 0.1) is 5.69 Å². The van der Waals surface area contributed by atoms with E-state index in [1.165, 1.54) is 24.3 Å². The molecule has 0 aromatic heterocycles. The summed E-state index contributed by atoms with van der Waals surface area (Å²) in [7, 11) is 0. The molecule has 3 N–H and O–H groups in total. The minimum absolute atomic E-state index is 0.0168. The van der Waals surface area contributed by atoms with Gasteiger partial charge in [0.1, 0.15) is 11.8 Å². The zero-order chi connectivity index (χ0) is 16.0. The lowest BCUT2D eigenvalue weighted by atomic mass is 10.1. The Kier molecular flexibility index (Phi) is 5.89. The van der Waals surface area contributed by atoms with Crippen molar-refractivity contribution in [3.63, 3.8) is 0 Å². The average molecular weight is 302 g/mol. The molecule has 116 valence electrons. The summed E-state index contributed by atoms with van der Waals surface area (Å²) < 4.78 is 28.7. The molecule has 0 radical (unpaired) electrons. The van der Waals surface area contributed by atoms with Crippen LogP contribution in [0.15, 0.2) is 24.3 Å². The highest BCUT2D eigenvalue weighted by atomic mass is 19.3. The fourth-order valence-electron chi connectivity index (χ4n) is 1.58. The lowest BCUT2D eigenvalue weighted by Gasteiger charge is -2.19. The van der Waals surface area contributed by atoms with Crippen molar-refractivity contribution in [1.29, 1.82) is 0 Å². The first-order valence-corrected chi connectivity index (χ1v) is 6.15. The third-order valence-corrected chi connectivity index (χ3v) is 2.57. The van der Waals surface area contributed by atoms with Crippen LogP contribution in [0.1, 0.15) is 13.8 Å². The van der Waals surface area contributed by atoms with Crippen LogP contribution in [0.25, 0.3) is 0 Å². The number of carbonyl (C=O) groups excluding carboxylic acids is 1. The van der Waals surface area contributed by atoms with E-state index in [0.29, 0.717) is 0 Å². The molecule has 1 unspecified atom stereocenters. The zero-order valence-corrected chi connectivity index (χ0v) is 11.5. The number of aliphatic carboxylic acids is 1. The minimum Gasteiger partial charge on any atom is -0.480 e. The van der Waals surface area contributed by atoms with Crippen molar-refractivity contribution in [3.05, 3.63) is 24.3 Å². The van der Waals surface area contributed by atoms with Gasteiger partial charge in [-0.15, -0.1) is 0 Å². The van der Waals surface area contributed by atoms with Gasteiger partial charge in [0.2, 0.25) is 0 Å². The van der Waals surface area contributed by atoms with Crippen molar-refractivity contribution in [2.45, 2.75) is 26.5 Å². The number of benzene rings is 1. The Hall–Kier alpha value is -2.38. The molecule has 1 aromatic carbocycles. The Morgan fingerprint density at radius 3 is 2.38 bits per heavy atom. The van der Waals surface area contributed by atoms with Gasteiger partial charge in [0.15, 0.2) is 0 Å². The number of alkyl halides is 2. The lowest BCUT2D eigenvalue weighted by molar-refractivity contribution is -0.140. The first-order chi connectivity index (χ1) is 9.81. The Morgan fingerprint density at radius 1 is 1.24 bits per heavy atom. The Labute approximate surface area is 120 Å². The Morgan fingerprint density at radius 2 is 1.86 bits per heavy atom. The first kappa shape index (κ1) is 16.7. The van der Waals surface area contributed by atoms with Gasteiger partial charge in [0, 0.05) is 0 Å². The number of halogens is 2. The molecule has 1 atom stereocenters. The van der Waals surface area contributed by atoms with E-state index in [1.54, 1.807) is 13.8 Å². The normalized spacial score (nSPS) is 12.1. The highest BCUT2D eigenvalue weighted by Crippen LogP contribution is 2.25. The van der Waals surface area contributed by atoms with Crippen molar-refractivity contribution < 1.29 is 28.2 Å².